The van der Waals surface area contributed by atoms with Gasteiger partial charge in [0.15, 0.2) is 0 Å². The number of rotatable bonds is 7. The van der Waals surface area contributed by atoms with Crippen molar-refractivity contribution < 1.29 is 14.3 Å². The smallest absolute Gasteiger partial charge is 0.223 e. The van der Waals surface area contributed by atoms with Gasteiger partial charge in [0.25, 0.3) is 0 Å². The van der Waals surface area contributed by atoms with Gasteiger partial charge in [-0.05, 0) is 25.2 Å². The van der Waals surface area contributed by atoms with Gasteiger partial charge in [-0.2, -0.15) is 0 Å². The van der Waals surface area contributed by atoms with Gasteiger partial charge in [0.2, 0.25) is 5.91 Å². The normalized spacial score (nSPS) is 10.1. The molecule has 0 heterocycles. The van der Waals surface area contributed by atoms with Crippen molar-refractivity contribution in [2.75, 3.05) is 34.9 Å². The first-order chi connectivity index (χ1) is 9.12. The Labute approximate surface area is 114 Å². The van der Waals surface area contributed by atoms with Gasteiger partial charge in [-0.25, -0.2) is 0 Å². The van der Waals surface area contributed by atoms with E-state index in [1.807, 2.05) is 25.2 Å². The summed E-state index contributed by atoms with van der Waals surface area (Å²) in [5, 5.41) is 2.97. The molecule has 106 valence electrons. The second kappa shape index (κ2) is 7.63. The average Bonchev–Trinajstić information content (AvgIpc) is 2.44. The van der Waals surface area contributed by atoms with Crippen molar-refractivity contribution >= 4 is 5.91 Å². The molecule has 5 nitrogen and oxygen atoms in total. The predicted octanol–water partition coefficient (Wildman–Crippen LogP) is 1.27. The van der Waals surface area contributed by atoms with E-state index in [4.69, 9.17) is 9.47 Å². The summed E-state index contributed by atoms with van der Waals surface area (Å²) in [4.78, 5) is 13.6. The summed E-state index contributed by atoms with van der Waals surface area (Å²) in [5.74, 6) is 1.61. The van der Waals surface area contributed by atoms with Crippen LogP contribution in [0, 0.1) is 0 Å². The summed E-state index contributed by atoms with van der Waals surface area (Å²) >= 11 is 0. The highest BCUT2D eigenvalue weighted by Crippen LogP contribution is 2.25. The summed E-state index contributed by atoms with van der Waals surface area (Å²) in [7, 11) is 6.86. The van der Waals surface area contributed by atoms with E-state index in [1.165, 1.54) is 0 Å². The number of ether oxygens (including phenoxy) is 2. The number of carbonyl (C=O) groups is 1. The Hall–Kier alpha value is -1.75. The maximum atomic E-state index is 11.9. The van der Waals surface area contributed by atoms with Gasteiger partial charge >= 0.3 is 0 Å². The van der Waals surface area contributed by atoms with E-state index in [1.54, 1.807) is 26.2 Å². The first-order valence-corrected chi connectivity index (χ1v) is 6.21. The van der Waals surface area contributed by atoms with Crippen molar-refractivity contribution in [2.45, 2.75) is 13.0 Å². The van der Waals surface area contributed by atoms with Gasteiger partial charge in [-0.1, -0.05) is 0 Å². The van der Waals surface area contributed by atoms with Crippen molar-refractivity contribution in [3.8, 4) is 11.5 Å². The number of carbonyl (C=O) groups excluding carboxylic acids is 1. The zero-order chi connectivity index (χ0) is 14.3. The van der Waals surface area contributed by atoms with Crippen LogP contribution in [0.5, 0.6) is 11.5 Å². The number of hydrogen-bond acceptors (Lipinski definition) is 4. The summed E-state index contributed by atoms with van der Waals surface area (Å²) in [6.07, 6.45) is 0.485. The molecule has 5 heteroatoms. The van der Waals surface area contributed by atoms with Crippen molar-refractivity contribution in [3.63, 3.8) is 0 Å². The second-order valence-corrected chi connectivity index (χ2v) is 4.28. The Kier molecular flexibility index (Phi) is 6.15. The summed E-state index contributed by atoms with van der Waals surface area (Å²) < 4.78 is 10.5. The molecule has 0 spiro atoms. The average molecular weight is 266 g/mol. The number of methoxy groups -OCH3 is 2. The van der Waals surface area contributed by atoms with Crippen LogP contribution in [-0.2, 0) is 11.3 Å². The van der Waals surface area contributed by atoms with Gasteiger partial charge in [-0.15, -0.1) is 0 Å². The van der Waals surface area contributed by atoms with Gasteiger partial charge in [0, 0.05) is 32.1 Å². The molecular weight excluding hydrogens is 244 g/mol. The Morgan fingerprint density at radius 1 is 1.32 bits per heavy atom. The van der Waals surface area contributed by atoms with Gasteiger partial charge < -0.3 is 19.7 Å². The van der Waals surface area contributed by atoms with Crippen LogP contribution in [0.4, 0.5) is 0 Å². The lowest BCUT2D eigenvalue weighted by molar-refractivity contribution is -0.130. The molecule has 0 radical (unpaired) electrons. The third-order valence-electron chi connectivity index (χ3n) is 2.91. The van der Waals surface area contributed by atoms with Crippen molar-refractivity contribution in [1.29, 1.82) is 0 Å². The third-order valence-corrected chi connectivity index (χ3v) is 2.91. The monoisotopic (exact) mass is 266 g/mol. The van der Waals surface area contributed by atoms with Crippen LogP contribution in [-0.4, -0.2) is 45.7 Å². The van der Waals surface area contributed by atoms with Crippen molar-refractivity contribution in [1.82, 2.24) is 10.2 Å². The molecule has 19 heavy (non-hydrogen) atoms. The van der Waals surface area contributed by atoms with E-state index in [9.17, 15) is 4.79 Å². The zero-order valence-corrected chi connectivity index (χ0v) is 12.0. The van der Waals surface area contributed by atoms with Crippen LogP contribution in [0.15, 0.2) is 18.2 Å². The van der Waals surface area contributed by atoms with E-state index >= 15 is 0 Å². The molecule has 0 bridgehead atoms. The lowest BCUT2D eigenvalue weighted by Crippen LogP contribution is -2.28. The van der Waals surface area contributed by atoms with Gasteiger partial charge in [-0.3, -0.25) is 4.79 Å². The number of nitrogens with one attached hydrogen (secondary N) is 1. The highest BCUT2D eigenvalue weighted by Gasteiger charge is 2.12. The second-order valence-electron chi connectivity index (χ2n) is 4.28. The molecule has 0 aliphatic rings. The quantitative estimate of drug-likeness (QED) is 0.807. The standard InChI is InChI=1S/C14H22N2O3/c1-15-8-7-14(17)16(2)10-11-9-12(18-3)5-6-13(11)19-4/h5-6,9,15H,7-8,10H2,1-4H3. The predicted molar refractivity (Wildman–Crippen MR) is 74.6 cm³/mol. The Balaban J connectivity index is 2.76. The molecule has 0 aliphatic heterocycles. The number of amides is 1. The SMILES string of the molecule is CNCCC(=O)N(C)Cc1cc(OC)ccc1OC. The summed E-state index contributed by atoms with van der Waals surface area (Å²) in [5.41, 5.74) is 0.933. The molecule has 0 saturated carbocycles. The molecule has 1 rings (SSSR count). The molecule has 1 N–H and O–H groups in total. The first-order valence-electron chi connectivity index (χ1n) is 6.21. The van der Waals surface area contributed by atoms with E-state index < -0.39 is 0 Å². The molecule has 0 saturated heterocycles. The molecule has 1 amide bonds. The zero-order valence-electron chi connectivity index (χ0n) is 12.0. The highest BCUT2D eigenvalue weighted by molar-refractivity contribution is 5.76. The van der Waals surface area contributed by atoms with Crippen LogP contribution in [0.2, 0.25) is 0 Å². The molecule has 0 unspecified atom stereocenters. The highest BCUT2D eigenvalue weighted by atomic mass is 16.5. The molecule has 0 fully saturated rings. The molecular formula is C14H22N2O3. The van der Waals surface area contributed by atoms with Crippen molar-refractivity contribution in [3.05, 3.63) is 23.8 Å². The molecule has 0 aromatic heterocycles. The minimum atomic E-state index is 0.0965. The summed E-state index contributed by atoms with van der Waals surface area (Å²) in [6.45, 7) is 1.18. The molecule has 1 aromatic carbocycles. The van der Waals surface area contributed by atoms with E-state index in [0.29, 0.717) is 19.5 Å². The van der Waals surface area contributed by atoms with Crippen LogP contribution in [0.1, 0.15) is 12.0 Å². The van der Waals surface area contributed by atoms with Crippen LogP contribution >= 0.6 is 0 Å². The topological polar surface area (TPSA) is 50.8 Å². The lowest BCUT2D eigenvalue weighted by Gasteiger charge is -2.19. The third kappa shape index (κ3) is 4.44. The molecule has 0 atom stereocenters. The Morgan fingerprint density at radius 2 is 2.05 bits per heavy atom. The fraction of sp³-hybridized carbons (Fsp3) is 0.500. The van der Waals surface area contributed by atoms with E-state index in [2.05, 4.69) is 5.32 Å². The van der Waals surface area contributed by atoms with Crippen LogP contribution in [0.3, 0.4) is 0 Å². The maximum Gasteiger partial charge on any atom is 0.223 e. The Bertz CT molecular complexity index is 421. The van der Waals surface area contributed by atoms with E-state index in [-0.39, 0.29) is 5.91 Å². The molecule has 0 aliphatic carbocycles. The minimum absolute atomic E-state index is 0.0965. The first kappa shape index (κ1) is 15.3. The Morgan fingerprint density at radius 3 is 2.63 bits per heavy atom. The lowest BCUT2D eigenvalue weighted by atomic mass is 10.1. The number of hydrogen-bond donors (Lipinski definition) is 1. The fourth-order valence-corrected chi connectivity index (χ4v) is 1.77. The largest absolute Gasteiger partial charge is 0.497 e. The fourth-order valence-electron chi connectivity index (χ4n) is 1.77. The van der Waals surface area contributed by atoms with Crippen molar-refractivity contribution in [2.24, 2.45) is 0 Å². The van der Waals surface area contributed by atoms with Crippen LogP contribution < -0.4 is 14.8 Å². The maximum absolute atomic E-state index is 11.9. The summed E-state index contributed by atoms with van der Waals surface area (Å²) in [6, 6.07) is 5.58. The van der Waals surface area contributed by atoms with Gasteiger partial charge in [0.1, 0.15) is 11.5 Å². The minimum Gasteiger partial charge on any atom is -0.497 e. The number of nitrogens with zero attached hydrogens (tertiary/aromatic N) is 1. The van der Waals surface area contributed by atoms with Crippen LogP contribution in [0.25, 0.3) is 0 Å². The van der Waals surface area contributed by atoms with E-state index in [0.717, 1.165) is 17.1 Å². The number of benzene rings is 1. The molecule has 1 aromatic rings. The van der Waals surface area contributed by atoms with Gasteiger partial charge in [0.05, 0.1) is 14.2 Å².